The second kappa shape index (κ2) is 6.00. The van der Waals surface area contributed by atoms with Gasteiger partial charge in [0.25, 0.3) is 0 Å². The van der Waals surface area contributed by atoms with E-state index in [1.807, 2.05) is 7.05 Å². The van der Waals surface area contributed by atoms with Gasteiger partial charge in [-0.15, -0.1) is 11.3 Å². The summed E-state index contributed by atoms with van der Waals surface area (Å²) >= 11 is 11.3. The van der Waals surface area contributed by atoms with E-state index < -0.39 is 0 Å². The van der Waals surface area contributed by atoms with E-state index >= 15 is 0 Å². The van der Waals surface area contributed by atoms with Gasteiger partial charge in [-0.05, 0) is 32.9 Å². The standard InChI is InChI=1S/C14H17BrClN3S/c1-14(2,3)13-17-11(16)6-12(18-13)19(4)7-9-5-10(15)20-8-9/h5-6,8H,7H2,1-4H3. The molecule has 0 amide bonds. The number of hydrogen-bond donors (Lipinski definition) is 0. The highest BCUT2D eigenvalue weighted by Gasteiger charge is 2.19. The molecule has 0 aliphatic carbocycles. The average Bonchev–Trinajstić information content (AvgIpc) is 2.72. The fourth-order valence-electron chi connectivity index (χ4n) is 1.72. The van der Waals surface area contributed by atoms with Gasteiger partial charge in [-0.2, -0.15) is 0 Å². The van der Waals surface area contributed by atoms with Crippen molar-refractivity contribution in [3.8, 4) is 0 Å². The molecule has 0 aliphatic heterocycles. The van der Waals surface area contributed by atoms with Crippen LogP contribution in [0.4, 0.5) is 5.82 Å². The molecule has 108 valence electrons. The van der Waals surface area contributed by atoms with Gasteiger partial charge in [0.05, 0.1) is 3.79 Å². The lowest BCUT2D eigenvalue weighted by Gasteiger charge is -2.22. The first-order chi connectivity index (χ1) is 9.25. The van der Waals surface area contributed by atoms with Gasteiger partial charge in [-0.3, -0.25) is 0 Å². The molecule has 3 nitrogen and oxygen atoms in total. The Morgan fingerprint density at radius 1 is 1.30 bits per heavy atom. The van der Waals surface area contributed by atoms with Crippen molar-refractivity contribution >= 4 is 44.7 Å². The largest absolute Gasteiger partial charge is 0.355 e. The first kappa shape index (κ1) is 15.7. The zero-order chi connectivity index (χ0) is 14.9. The second-order valence-electron chi connectivity index (χ2n) is 5.74. The molecule has 0 bridgehead atoms. The highest BCUT2D eigenvalue weighted by Crippen LogP contribution is 2.26. The summed E-state index contributed by atoms with van der Waals surface area (Å²) in [6.45, 7) is 7.04. The number of aromatic nitrogens is 2. The highest BCUT2D eigenvalue weighted by atomic mass is 79.9. The van der Waals surface area contributed by atoms with E-state index in [2.05, 4.69) is 63.0 Å². The van der Waals surface area contributed by atoms with Crippen molar-refractivity contribution in [2.45, 2.75) is 32.7 Å². The third-order valence-electron chi connectivity index (χ3n) is 2.78. The maximum atomic E-state index is 6.12. The number of hydrogen-bond acceptors (Lipinski definition) is 4. The van der Waals surface area contributed by atoms with Gasteiger partial charge in [0.2, 0.25) is 0 Å². The summed E-state index contributed by atoms with van der Waals surface area (Å²) in [5, 5.41) is 2.62. The smallest absolute Gasteiger partial charge is 0.137 e. The van der Waals surface area contributed by atoms with E-state index in [0.29, 0.717) is 5.15 Å². The molecule has 6 heteroatoms. The normalized spacial score (nSPS) is 11.7. The summed E-state index contributed by atoms with van der Waals surface area (Å²) in [4.78, 5) is 11.0. The second-order valence-corrected chi connectivity index (χ2v) is 8.42. The van der Waals surface area contributed by atoms with E-state index in [-0.39, 0.29) is 5.41 Å². The van der Waals surface area contributed by atoms with Crippen molar-refractivity contribution in [2.24, 2.45) is 0 Å². The van der Waals surface area contributed by atoms with Gasteiger partial charge in [-0.25, -0.2) is 9.97 Å². The average molecular weight is 375 g/mol. The Balaban J connectivity index is 2.25. The molecule has 0 radical (unpaired) electrons. The van der Waals surface area contributed by atoms with Gasteiger partial charge in [0.1, 0.15) is 16.8 Å². The molecular formula is C14H17BrClN3S. The highest BCUT2D eigenvalue weighted by molar-refractivity contribution is 9.11. The summed E-state index contributed by atoms with van der Waals surface area (Å²) in [6.07, 6.45) is 0. The van der Waals surface area contributed by atoms with Crippen LogP contribution in [-0.4, -0.2) is 17.0 Å². The zero-order valence-corrected chi connectivity index (χ0v) is 15.1. The van der Waals surface area contributed by atoms with Gasteiger partial charge in [-0.1, -0.05) is 32.4 Å². The van der Waals surface area contributed by atoms with Crippen LogP contribution in [0.25, 0.3) is 0 Å². The van der Waals surface area contributed by atoms with Gasteiger partial charge in [0, 0.05) is 25.1 Å². The van der Waals surface area contributed by atoms with Crippen molar-refractivity contribution in [1.29, 1.82) is 0 Å². The fourth-order valence-corrected chi connectivity index (χ4v) is 3.10. The molecule has 0 atom stereocenters. The lowest BCUT2D eigenvalue weighted by atomic mass is 9.96. The summed E-state index contributed by atoms with van der Waals surface area (Å²) in [6, 6.07) is 3.92. The fraction of sp³-hybridized carbons (Fsp3) is 0.429. The number of rotatable bonds is 3. The van der Waals surface area contributed by atoms with E-state index in [0.717, 1.165) is 22.0 Å². The van der Waals surface area contributed by atoms with Crippen LogP contribution >= 0.6 is 38.9 Å². The molecule has 0 saturated carbocycles. The lowest BCUT2D eigenvalue weighted by molar-refractivity contribution is 0.544. The number of anilines is 1. The first-order valence-corrected chi connectivity index (χ1v) is 8.30. The van der Waals surface area contributed by atoms with Crippen LogP contribution in [0, 0.1) is 0 Å². The van der Waals surface area contributed by atoms with Crippen molar-refractivity contribution in [2.75, 3.05) is 11.9 Å². The maximum absolute atomic E-state index is 6.12. The minimum atomic E-state index is -0.119. The summed E-state index contributed by atoms with van der Waals surface area (Å²) in [5.41, 5.74) is 1.13. The molecule has 0 unspecified atom stereocenters. The minimum Gasteiger partial charge on any atom is -0.355 e. The van der Waals surface area contributed by atoms with Crippen LogP contribution in [0.5, 0.6) is 0 Å². The van der Waals surface area contributed by atoms with E-state index in [9.17, 15) is 0 Å². The van der Waals surface area contributed by atoms with Crippen molar-refractivity contribution < 1.29 is 0 Å². The monoisotopic (exact) mass is 373 g/mol. The molecule has 2 aromatic rings. The summed E-state index contributed by atoms with van der Waals surface area (Å²) in [7, 11) is 2.01. The van der Waals surface area contributed by atoms with Gasteiger partial charge < -0.3 is 4.90 Å². The summed E-state index contributed by atoms with van der Waals surface area (Å²) in [5.74, 6) is 1.61. The van der Waals surface area contributed by atoms with Crippen LogP contribution in [0.1, 0.15) is 32.2 Å². The maximum Gasteiger partial charge on any atom is 0.137 e. The first-order valence-electron chi connectivity index (χ1n) is 6.25. The quantitative estimate of drug-likeness (QED) is 0.716. The third-order valence-corrected chi connectivity index (χ3v) is 4.53. The zero-order valence-electron chi connectivity index (χ0n) is 11.9. The Morgan fingerprint density at radius 2 is 2.00 bits per heavy atom. The molecule has 0 N–H and O–H groups in total. The number of nitrogens with zero attached hydrogens (tertiary/aromatic N) is 3. The Labute approximate surface area is 137 Å². The SMILES string of the molecule is CN(Cc1csc(Br)c1)c1cc(Cl)nc(C(C)(C)C)n1. The Bertz CT molecular complexity index is 607. The van der Waals surface area contributed by atoms with Gasteiger partial charge in [0.15, 0.2) is 0 Å². The molecule has 0 aromatic carbocycles. The Morgan fingerprint density at radius 3 is 2.55 bits per heavy atom. The molecule has 0 saturated heterocycles. The van der Waals surface area contributed by atoms with E-state index in [1.165, 1.54) is 5.56 Å². The molecule has 0 spiro atoms. The molecule has 20 heavy (non-hydrogen) atoms. The number of thiophene rings is 1. The molecule has 2 rings (SSSR count). The van der Waals surface area contributed by atoms with Crippen LogP contribution in [0.3, 0.4) is 0 Å². The molecule has 0 aliphatic rings. The van der Waals surface area contributed by atoms with Crippen LogP contribution in [0.2, 0.25) is 5.15 Å². The summed E-state index contributed by atoms with van der Waals surface area (Å²) < 4.78 is 1.14. The lowest BCUT2D eigenvalue weighted by Crippen LogP contribution is -2.22. The van der Waals surface area contributed by atoms with Crippen LogP contribution in [0.15, 0.2) is 21.3 Å². The molecular weight excluding hydrogens is 358 g/mol. The Kier molecular flexibility index (Phi) is 4.72. The predicted octanol–water partition coefficient (Wildman–Crippen LogP) is 4.89. The topological polar surface area (TPSA) is 29.0 Å². The van der Waals surface area contributed by atoms with E-state index in [4.69, 9.17) is 11.6 Å². The number of halogens is 2. The van der Waals surface area contributed by atoms with Crippen molar-refractivity contribution in [3.63, 3.8) is 0 Å². The van der Waals surface area contributed by atoms with Crippen LogP contribution in [-0.2, 0) is 12.0 Å². The molecule has 2 aromatic heterocycles. The minimum absolute atomic E-state index is 0.119. The molecule has 2 heterocycles. The predicted molar refractivity (Wildman–Crippen MR) is 89.9 cm³/mol. The van der Waals surface area contributed by atoms with Crippen molar-refractivity contribution in [3.05, 3.63) is 37.8 Å². The third kappa shape index (κ3) is 3.93. The van der Waals surface area contributed by atoms with Crippen LogP contribution < -0.4 is 4.90 Å². The van der Waals surface area contributed by atoms with E-state index in [1.54, 1.807) is 17.4 Å². The Hall–Kier alpha value is -0.650. The molecule has 0 fully saturated rings. The van der Waals surface area contributed by atoms with Crippen molar-refractivity contribution in [1.82, 2.24) is 9.97 Å². The van der Waals surface area contributed by atoms with Gasteiger partial charge >= 0.3 is 0 Å².